The fraction of sp³-hybridized carbons (Fsp3) is 0.615. The molecule has 1 saturated heterocycles. The number of nitrogens with zero attached hydrogens (tertiary/aromatic N) is 4. The van der Waals surface area contributed by atoms with E-state index in [0.717, 1.165) is 50.2 Å². The van der Waals surface area contributed by atoms with Gasteiger partial charge < -0.3 is 15.1 Å². The van der Waals surface area contributed by atoms with Crippen molar-refractivity contribution in [2.45, 2.75) is 20.8 Å². The third-order valence-corrected chi connectivity index (χ3v) is 3.23. The topological polar surface area (TPSA) is 61.4 Å². The molecule has 1 amide bonds. The summed E-state index contributed by atoms with van der Waals surface area (Å²) in [4.78, 5) is 24.2. The molecule has 0 radical (unpaired) electrons. The van der Waals surface area contributed by atoms with Gasteiger partial charge in [-0.2, -0.15) is 0 Å². The fourth-order valence-corrected chi connectivity index (χ4v) is 2.24. The van der Waals surface area contributed by atoms with Crippen LogP contribution in [0.2, 0.25) is 0 Å². The monoisotopic (exact) mass is 263 g/mol. The van der Waals surface area contributed by atoms with Gasteiger partial charge in [-0.25, -0.2) is 9.97 Å². The first kappa shape index (κ1) is 13.6. The highest BCUT2D eigenvalue weighted by Gasteiger charge is 2.20. The normalized spacial score (nSPS) is 15.5. The van der Waals surface area contributed by atoms with E-state index in [1.165, 1.54) is 0 Å². The Labute approximate surface area is 113 Å². The predicted octanol–water partition coefficient (Wildman–Crippen LogP) is 0.885. The molecule has 0 atom stereocenters. The number of piperazine rings is 1. The van der Waals surface area contributed by atoms with Gasteiger partial charge in [0.15, 0.2) is 0 Å². The van der Waals surface area contributed by atoms with Crippen molar-refractivity contribution >= 4 is 17.5 Å². The highest BCUT2D eigenvalue weighted by molar-refractivity contribution is 5.73. The van der Waals surface area contributed by atoms with Gasteiger partial charge in [0.1, 0.15) is 17.5 Å². The lowest BCUT2D eigenvalue weighted by molar-refractivity contribution is -0.129. The van der Waals surface area contributed by atoms with Crippen LogP contribution in [0.4, 0.5) is 11.6 Å². The molecular weight excluding hydrogens is 242 g/mol. The molecule has 0 bridgehead atoms. The highest BCUT2D eigenvalue weighted by atomic mass is 16.2. The summed E-state index contributed by atoms with van der Waals surface area (Å²) in [7, 11) is 0. The van der Waals surface area contributed by atoms with Crippen LogP contribution in [0.5, 0.6) is 0 Å². The second kappa shape index (κ2) is 5.86. The molecule has 19 heavy (non-hydrogen) atoms. The molecule has 1 N–H and O–H groups in total. The van der Waals surface area contributed by atoms with Crippen molar-refractivity contribution in [2.75, 3.05) is 42.9 Å². The number of anilines is 2. The van der Waals surface area contributed by atoms with Crippen LogP contribution in [-0.4, -0.2) is 53.5 Å². The minimum atomic E-state index is 0.145. The highest BCUT2D eigenvalue weighted by Crippen LogP contribution is 2.17. The maximum Gasteiger partial charge on any atom is 0.219 e. The lowest BCUT2D eigenvalue weighted by Crippen LogP contribution is -2.48. The molecule has 1 fully saturated rings. The zero-order valence-corrected chi connectivity index (χ0v) is 11.8. The van der Waals surface area contributed by atoms with Crippen molar-refractivity contribution in [2.24, 2.45) is 0 Å². The predicted molar refractivity (Wildman–Crippen MR) is 75.4 cm³/mol. The Hall–Kier alpha value is -1.85. The molecule has 2 rings (SSSR count). The number of aromatic nitrogens is 2. The van der Waals surface area contributed by atoms with E-state index in [0.29, 0.717) is 0 Å². The second-order valence-electron chi connectivity index (χ2n) is 4.68. The van der Waals surface area contributed by atoms with Crippen molar-refractivity contribution < 1.29 is 4.79 Å². The molecule has 0 aromatic carbocycles. The van der Waals surface area contributed by atoms with Crippen LogP contribution in [0.15, 0.2) is 6.07 Å². The number of amides is 1. The minimum absolute atomic E-state index is 0.145. The van der Waals surface area contributed by atoms with E-state index >= 15 is 0 Å². The molecule has 2 heterocycles. The molecule has 104 valence electrons. The van der Waals surface area contributed by atoms with Crippen LogP contribution in [-0.2, 0) is 4.79 Å². The van der Waals surface area contributed by atoms with E-state index in [2.05, 4.69) is 20.2 Å². The van der Waals surface area contributed by atoms with E-state index in [1.807, 2.05) is 24.8 Å². The maximum absolute atomic E-state index is 11.3. The first-order valence-electron chi connectivity index (χ1n) is 6.70. The molecular formula is C13H21N5O. The first-order valence-corrected chi connectivity index (χ1v) is 6.70. The average molecular weight is 263 g/mol. The van der Waals surface area contributed by atoms with Gasteiger partial charge in [0.25, 0.3) is 0 Å². The van der Waals surface area contributed by atoms with Crippen molar-refractivity contribution in [3.05, 3.63) is 11.9 Å². The molecule has 1 aromatic rings. The number of carbonyl (C=O) groups excluding carboxylic acids is 1. The average Bonchev–Trinajstić information content (AvgIpc) is 2.38. The molecule has 6 heteroatoms. The molecule has 1 aliphatic heterocycles. The van der Waals surface area contributed by atoms with Gasteiger partial charge in [0.05, 0.1) is 0 Å². The van der Waals surface area contributed by atoms with Crippen molar-refractivity contribution in [3.63, 3.8) is 0 Å². The molecule has 0 unspecified atom stereocenters. The largest absolute Gasteiger partial charge is 0.370 e. The van der Waals surface area contributed by atoms with Gasteiger partial charge in [0.2, 0.25) is 5.91 Å². The number of hydrogen-bond donors (Lipinski definition) is 1. The zero-order valence-electron chi connectivity index (χ0n) is 11.8. The Kier molecular flexibility index (Phi) is 4.19. The minimum Gasteiger partial charge on any atom is -0.370 e. The summed E-state index contributed by atoms with van der Waals surface area (Å²) < 4.78 is 0. The van der Waals surface area contributed by atoms with E-state index in [9.17, 15) is 4.79 Å². The second-order valence-corrected chi connectivity index (χ2v) is 4.68. The summed E-state index contributed by atoms with van der Waals surface area (Å²) in [5.74, 6) is 2.71. The Balaban J connectivity index is 2.08. The zero-order chi connectivity index (χ0) is 13.8. The first-order chi connectivity index (χ1) is 9.10. The smallest absolute Gasteiger partial charge is 0.219 e. The van der Waals surface area contributed by atoms with Crippen molar-refractivity contribution in [1.82, 2.24) is 14.9 Å². The molecule has 0 saturated carbocycles. The number of carbonyl (C=O) groups is 1. The molecule has 1 aromatic heterocycles. The van der Waals surface area contributed by atoms with Crippen molar-refractivity contribution in [1.29, 1.82) is 0 Å². The van der Waals surface area contributed by atoms with E-state index < -0.39 is 0 Å². The summed E-state index contributed by atoms with van der Waals surface area (Å²) in [5, 5.41) is 3.21. The number of aryl methyl sites for hydroxylation is 1. The van der Waals surface area contributed by atoms with Crippen LogP contribution >= 0.6 is 0 Å². The van der Waals surface area contributed by atoms with Gasteiger partial charge in [-0.15, -0.1) is 0 Å². The Bertz CT molecular complexity index is 454. The van der Waals surface area contributed by atoms with E-state index in [4.69, 9.17) is 0 Å². The third-order valence-electron chi connectivity index (χ3n) is 3.23. The lowest BCUT2D eigenvalue weighted by Gasteiger charge is -2.35. The SMILES string of the molecule is CCNc1cc(N2CCN(C(C)=O)CC2)nc(C)n1. The quantitative estimate of drug-likeness (QED) is 0.877. The van der Waals surface area contributed by atoms with Crippen LogP contribution in [0.1, 0.15) is 19.7 Å². The Morgan fingerprint density at radius 1 is 1.32 bits per heavy atom. The van der Waals surface area contributed by atoms with Gasteiger partial charge >= 0.3 is 0 Å². The maximum atomic E-state index is 11.3. The van der Waals surface area contributed by atoms with Gasteiger partial charge in [-0.05, 0) is 13.8 Å². The van der Waals surface area contributed by atoms with Gasteiger partial charge in [0, 0.05) is 45.7 Å². The molecule has 0 spiro atoms. The Morgan fingerprint density at radius 2 is 2.00 bits per heavy atom. The Morgan fingerprint density at radius 3 is 2.58 bits per heavy atom. The fourth-order valence-electron chi connectivity index (χ4n) is 2.24. The summed E-state index contributed by atoms with van der Waals surface area (Å²) in [6.45, 7) is 9.56. The van der Waals surface area contributed by atoms with E-state index in [-0.39, 0.29) is 5.91 Å². The van der Waals surface area contributed by atoms with Crippen LogP contribution in [0.3, 0.4) is 0 Å². The van der Waals surface area contributed by atoms with Crippen LogP contribution < -0.4 is 10.2 Å². The third kappa shape index (κ3) is 3.33. The summed E-state index contributed by atoms with van der Waals surface area (Å²) >= 11 is 0. The number of hydrogen-bond acceptors (Lipinski definition) is 5. The standard InChI is InChI=1S/C13H21N5O/c1-4-14-12-9-13(16-10(2)15-12)18-7-5-17(6-8-18)11(3)19/h9H,4-8H2,1-3H3,(H,14,15,16). The van der Waals surface area contributed by atoms with E-state index in [1.54, 1.807) is 6.92 Å². The van der Waals surface area contributed by atoms with Crippen molar-refractivity contribution in [3.8, 4) is 0 Å². The van der Waals surface area contributed by atoms with Gasteiger partial charge in [-0.3, -0.25) is 4.79 Å². The lowest BCUT2D eigenvalue weighted by atomic mass is 10.3. The molecule has 6 nitrogen and oxygen atoms in total. The summed E-state index contributed by atoms with van der Waals surface area (Å²) in [6, 6.07) is 1.97. The van der Waals surface area contributed by atoms with Crippen LogP contribution in [0, 0.1) is 6.92 Å². The molecule has 1 aliphatic rings. The number of nitrogens with one attached hydrogen (secondary N) is 1. The summed E-state index contributed by atoms with van der Waals surface area (Å²) in [6.07, 6.45) is 0. The van der Waals surface area contributed by atoms with Gasteiger partial charge in [-0.1, -0.05) is 0 Å². The van der Waals surface area contributed by atoms with Crippen LogP contribution in [0.25, 0.3) is 0 Å². The molecule has 0 aliphatic carbocycles. The number of rotatable bonds is 3. The summed E-state index contributed by atoms with van der Waals surface area (Å²) in [5.41, 5.74) is 0.